The number of carbonyl (C=O) groups is 2. The van der Waals surface area contributed by atoms with Crippen LogP contribution in [0.1, 0.15) is 35.2 Å². The predicted octanol–water partition coefficient (Wildman–Crippen LogP) is 5.00. The van der Waals surface area contributed by atoms with Crippen LogP contribution >= 0.6 is 11.8 Å². The molecule has 0 saturated carbocycles. The SMILES string of the molecule is COc1ccc2c(C)cc(SC3CCCCN(C(=O)c4ccc(F)cc4)C3=O)nc2c1. The summed E-state index contributed by atoms with van der Waals surface area (Å²) < 4.78 is 18.5. The van der Waals surface area contributed by atoms with Gasteiger partial charge >= 0.3 is 0 Å². The number of carbonyl (C=O) groups excluding carboxylic acids is 2. The number of thioether (sulfide) groups is 1. The van der Waals surface area contributed by atoms with Gasteiger partial charge in [0.25, 0.3) is 5.91 Å². The zero-order chi connectivity index (χ0) is 22.0. The van der Waals surface area contributed by atoms with Crippen molar-refractivity contribution >= 4 is 34.5 Å². The molecular weight excluding hydrogens is 415 g/mol. The molecule has 1 atom stereocenters. The Hall–Kier alpha value is -2.93. The molecule has 2 heterocycles. The maximum Gasteiger partial charge on any atom is 0.260 e. The zero-order valence-corrected chi connectivity index (χ0v) is 18.2. The van der Waals surface area contributed by atoms with Crippen molar-refractivity contribution in [3.05, 3.63) is 65.5 Å². The first-order valence-electron chi connectivity index (χ1n) is 10.2. The van der Waals surface area contributed by atoms with Crippen molar-refractivity contribution in [1.29, 1.82) is 0 Å². The molecule has 3 aromatic rings. The maximum atomic E-state index is 13.2. The van der Waals surface area contributed by atoms with E-state index >= 15 is 0 Å². The Morgan fingerprint density at radius 1 is 1.16 bits per heavy atom. The molecule has 1 aliphatic heterocycles. The third-order valence-corrected chi connectivity index (χ3v) is 6.61. The fourth-order valence-corrected chi connectivity index (χ4v) is 4.95. The van der Waals surface area contributed by atoms with E-state index in [0.717, 1.165) is 40.1 Å². The molecule has 0 N–H and O–H groups in total. The Balaban J connectivity index is 1.59. The molecule has 0 bridgehead atoms. The third kappa shape index (κ3) is 4.56. The molecule has 0 radical (unpaired) electrons. The lowest BCUT2D eigenvalue weighted by atomic mass is 10.1. The van der Waals surface area contributed by atoms with Crippen LogP contribution in [0.3, 0.4) is 0 Å². The first kappa shape index (κ1) is 21.3. The second-order valence-corrected chi connectivity index (χ2v) is 8.79. The van der Waals surface area contributed by atoms with Gasteiger partial charge in [0, 0.05) is 23.6 Å². The summed E-state index contributed by atoms with van der Waals surface area (Å²) in [6.45, 7) is 2.38. The zero-order valence-electron chi connectivity index (χ0n) is 17.4. The summed E-state index contributed by atoms with van der Waals surface area (Å²) >= 11 is 1.39. The number of halogens is 1. The van der Waals surface area contributed by atoms with E-state index in [1.807, 2.05) is 31.2 Å². The third-order valence-electron chi connectivity index (χ3n) is 5.44. The number of methoxy groups -OCH3 is 1. The Morgan fingerprint density at radius 3 is 2.68 bits per heavy atom. The highest BCUT2D eigenvalue weighted by Gasteiger charge is 2.32. The minimum atomic E-state index is -0.415. The Labute approximate surface area is 184 Å². The van der Waals surface area contributed by atoms with Gasteiger partial charge in [-0.05, 0) is 67.8 Å². The molecule has 7 heteroatoms. The molecule has 0 spiro atoms. The number of hydrogen-bond donors (Lipinski definition) is 0. The lowest BCUT2D eigenvalue weighted by Gasteiger charge is -2.22. The minimum Gasteiger partial charge on any atom is -0.497 e. The standard InChI is InChI=1S/C24H23FN2O3S/c1-15-13-22(26-20-14-18(30-2)10-11-19(15)20)31-21-5-3-4-12-27(24(21)29)23(28)16-6-8-17(25)9-7-16/h6-11,13-14,21H,3-5,12H2,1-2H3. The molecule has 2 amide bonds. The summed E-state index contributed by atoms with van der Waals surface area (Å²) in [6.07, 6.45) is 2.27. The Morgan fingerprint density at radius 2 is 1.94 bits per heavy atom. The second-order valence-electron chi connectivity index (χ2n) is 7.56. The molecule has 160 valence electrons. The van der Waals surface area contributed by atoms with Gasteiger partial charge in [0.2, 0.25) is 5.91 Å². The van der Waals surface area contributed by atoms with Crippen LogP contribution in [0.5, 0.6) is 5.75 Å². The summed E-state index contributed by atoms with van der Waals surface area (Å²) in [4.78, 5) is 32.2. The van der Waals surface area contributed by atoms with Gasteiger partial charge in [-0.2, -0.15) is 0 Å². The van der Waals surface area contributed by atoms with E-state index in [9.17, 15) is 14.0 Å². The van der Waals surface area contributed by atoms with Gasteiger partial charge < -0.3 is 4.74 Å². The minimum absolute atomic E-state index is 0.220. The van der Waals surface area contributed by atoms with E-state index in [4.69, 9.17) is 9.72 Å². The monoisotopic (exact) mass is 438 g/mol. The Kier molecular flexibility index (Phi) is 6.23. The van der Waals surface area contributed by atoms with Crippen LogP contribution in [0, 0.1) is 12.7 Å². The number of nitrogens with zero attached hydrogens (tertiary/aromatic N) is 2. The molecule has 1 aromatic heterocycles. The summed E-state index contributed by atoms with van der Waals surface area (Å²) in [6, 6.07) is 13.0. The van der Waals surface area contributed by atoms with Crippen LogP contribution in [-0.2, 0) is 4.79 Å². The van der Waals surface area contributed by atoms with Crippen LogP contribution in [0.2, 0.25) is 0 Å². The van der Waals surface area contributed by atoms with Crippen LogP contribution < -0.4 is 4.74 Å². The van der Waals surface area contributed by atoms with Gasteiger partial charge in [0.1, 0.15) is 11.6 Å². The molecule has 1 saturated heterocycles. The molecule has 4 rings (SSSR count). The van der Waals surface area contributed by atoms with Crippen molar-refractivity contribution in [2.45, 2.75) is 36.5 Å². The van der Waals surface area contributed by atoms with Gasteiger partial charge in [-0.25, -0.2) is 9.37 Å². The van der Waals surface area contributed by atoms with Crippen molar-refractivity contribution in [1.82, 2.24) is 9.88 Å². The average Bonchev–Trinajstić information content (AvgIpc) is 2.95. The van der Waals surface area contributed by atoms with Gasteiger partial charge in [0.15, 0.2) is 0 Å². The van der Waals surface area contributed by atoms with E-state index in [1.54, 1.807) is 7.11 Å². The number of hydrogen-bond acceptors (Lipinski definition) is 5. The number of aryl methyl sites for hydroxylation is 1. The number of benzene rings is 2. The molecule has 1 fully saturated rings. The number of amides is 2. The average molecular weight is 439 g/mol. The summed E-state index contributed by atoms with van der Waals surface area (Å²) in [5.41, 5.74) is 2.19. The molecule has 1 unspecified atom stereocenters. The van der Waals surface area contributed by atoms with Crippen molar-refractivity contribution in [3.8, 4) is 5.75 Å². The number of imide groups is 1. The maximum absolute atomic E-state index is 13.2. The van der Waals surface area contributed by atoms with Crippen LogP contribution in [-0.4, -0.2) is 40.6 Å². The van der Waals surface area contributed by atoms with Crippen LogP contribution in [0.4, 0.5) is 4.39 Å². The first-order valence-corrected chi connectivity index (χ1v) is 11.1. The highest BCUT2D eigenvalue weighted by atomic mass is 32.2. The molecule has 31 heavy (non-hydrogen) atoms. The van der Waals surface area contributed by atoms with Gasteiger partial charge in [0.05, 0.1) is 22.9 Å². The highest BCUT2D eigenvalue weighted by Crippen LogP contribution is 2.32. The second kappa shape index (κ2) is 9.06. The van der Waals surface area contributed by atoms with Crippen LogP contribution in [0.25, 0.3) is 10.9 Å². The number of aromatic nitrogens is 1. The first-order chi connectivity index (χ1) is 15.0. The van der Waals surface area contributed by atoms with E-state index in [-0.39, 0.29) is 11.8 Å². The van der Waals surface area contributed by atoms with E-state index in [2.05, 4.69) is 0 Å². The normalized spacial score (nSPS) is 16.9. The molecule has 0 aliphatic carbocycles. The fourth-order valence-electron chi connectivity index (χ4n) is 3.75. The molecule has 5 nitrogen and oxygen atoms in total. The van der Waals surface area contributed by atoms with Crippen molar-refractivity contribution in [2.75, 3.05) is 13.7 Å². The number of fused-ring (bicyclic) bond motifs is 1. The van der Waals surface area contributed by atoms with E-state index < -0.39 is 11.1 Å². The highest BCUT2D eigenvalue weighted by molar-refractivity contribution is 8.00. The van der Waals surface area contributed by atoms with Gasteiger partial charge in [-0.3, -0.25) is 14.5 Å². The quantitative estimate of drug-likeness (QED) is 0.536. The van der Waals surface area contributed by atoms with Gasteiger partial charge in [-0.1, -0.05) is 18.2 Å². The summed E-state index contributed by atoms with van der Waals surface area (Å²) in [5.74, 6) is -0.295. The number of rotatable bonds is 4. The number of pyridine rings is 1. The molecule has 1 aliphatic rings. The number of likely N-dealkylation sites (tertiary alicyclic amines) is 1. The van der Waals surface area contributed by atoms with Crippen molar-refractivity contribution in [3.63, 3.8) is 0 Å². The van der Waals surface area contributed by atoms with E-state index in [1.165, 1.54) is 40.9 Å². The molecular formula is C24H23FN2O3S. The van der Waals surface area contributed by atoms with Gasteiger partial charge in [-0.15, -0.1) is 0 Å². The lowest BCUT2D eigenvalue weighted by molar-refractivity contribution is -0.127. The lowest BCUT2D eigenvalue weighted by Crippen LogP contribution is -2.41. The largest absolute Gasteiger partial charge is 0.497 e. The topological polar surface area (TPSA) is 59.5 Å². The predicted molar refractivity (Wildman–Crippen MR) is 119 cm³/mol. The van der Waals surface area contributed by atoms with Crippen molar-refractivity contribution < 1.29 is 18.7 Å². The Bertz CT molecular complexity index is 1130. The fraction of sp³-hybridized carbons (Fsp3) is 0.292. The summed E-state index contributed by atoms with van der Waals surface area (Å²) in [5, 5.41) is 1.37. The van der Waals surface area contributed by atoms with Crippen molar-refractivity contribution in [2.24, 2.45) is 0 Å². The number of ether oxygens (including phenoxy) is 1. The summed E-state index contributed by atoms with van der Waals surface area (Å²) in [7, 11) is 1.61. The van der Waals surface area contributed by atoms with Crippen LogP contribution in [0.15, 0.2) is 53.6 Å². The van der Waals surface area contributed by atoms with E-state index in [0.29, 0.717) is 18.5 Å². The smallest absolute Gasteiger partial charge is 0.260 e. The molecule has 2 aromatic carbocycles.